The third-order valence-electron chi connectivity index (χ3n) is 3.46. The van der Waals surface area contributed by atoms with E-state index in [-0.39, 0.29) is 22.8 Å². The molecular weight excluding hydrogens is 296 g/mol. The molecule has 1 aromatic heterocycles. The van der Waals surface area contributed by atoms with Crippen LogP contribution < -0.4 is 10.4 Å². The number of ether oxygens (including phenoxy) is 1. The van der Waals surface area contributed by atoms with Gasteiger partial charge in [0.05, 0.1) is 12.7 Å². The molecule has 5 heteroatoms. The lowest BCUT2D eigenvalue weighted by molar-refractivity contribution is 0.414. The van der Waals surface area contributed by atoms with E-state index >= 15 is 0 Å². The Bertz CT molecular complexity index is 877. The van der Waals surface area contributed by atoms with Gasteiger partial charge in [-0.2, -0.15) is 0 Å². The topological polar surface area (TPSA) is 79.9 Å². The average Bonchev–Trinajstić information content (AvgIpc) is 2.57. The number of hydrogen-bond donors (Lipinski definition) is 2. The quantitative estimate of drug-likeness (QED) is 0.775. The summed E-state index contributed by atoms with van der Waals surface area (Å²) in [6.07, 6.45) is 0. The molecule has 2 N–H and O–H groups in total. The maximum absolute atomic E-state index is 12.2. The fourth-order valence-corrected chi connectivity index (χ4v) is 2.25. The van der Waals surface area contributed by atoms with Crippen molar-refractivity contribution < 1.29 is 19.4 Å². The standard InChI is InChI=1S/C18H14O5/c1-22-14-8-4-12(5-9-14)17-16(20)10-15(18(21)23-17)11-2-6-13(19)7-3-11/h2-10,19-20H,1H3. The first-order chi connectivity index (χ1) is 11.1. The number of benzene rings is 2. The van der Waals surface area contributed by atoms with Crippen molar-refractivity contribution in [3.05, 3.63) is 65.0 Å². The highest BCUT2D eigenvalue weighted by atomic mass is 16.5. The molecule has 116 valence electrons. The first-order valence-electron chi connectivity index (χ1n) is 6.89. The average molecular weight is 310 g/mol. The summed E-state index contributed by atoms with van der Waals surface area (Å²) >= 11 is 0. The maximum atomic E-state index is 12.2. The van der Waals surface area contributed by atoms with Crippen LogP contribution in [0.2, 0.25) is 0 Å². The molecule has 0 amide bonds. The Morgan fingerprint density at radius 3 is 2.13 bits per heavy atom. The second-order valence-electron chi connectivity index (χ2n) is 4.94. The van der Waals surface area contributed by atoms with Gasteiger partial charge in [-0.15, -0.1) is 0 Å². The molecule has 3 rings (SSSR count). The Kier molecular flexibility index (Phi) is 3.76. The van der Waals surface area contributed by atoms with E-state index in [2.05, 4.69) is 0 Å². The second kappa shape index (κ2) is 5.88. The van der Waals surface area contributed by atoms with Crippen molar-refractivity contribution in [2.75, 3.05) is 7.11 Å². The van der Waals surface area contributed by atoms with Crippen molar-refractivity contribution in [1.82, 2.24) is 0 Å². The summed E-state index contributed by atoms with van der Waals surface area (Å²) in [6.45, 7) is 0. The Balaban J connectivity index is 2.06. The normalized spacial score (nSPS) is 10.5. The number of phenolic OH excluding ortho intramolecular Hbond substituents is 1. The molecule has 0 saturated heterocycles. The van der Waals surface area contributed by atoms with E-state index in [4.69, 9.17) is 9.15 Å². The predicted octanol–water partition coefficient (Wildman–Crippen LogP) is 3.39. The van der Waals surface area contributed by atoms with Crippen LogP contribution in [0.5, 0.6) is 17.2 Å². The van der Waals surface area contributed by atoms with Gasteiger partial charge in [0, 0.05) is 5.56 Å². The van der Waals surface area contributed by atoms with Crippen molar-refractivity contribution in [2.45, 2.75) is 0 Å². The summed E-state index contributed by atoms with van der Waals surface area (Å²) in [5.41, 5.74) is 0.768. The van der Waals surface area contributed by atoms with Gasteiger partial charge in [-0.3, -0.25) is 0 Å². The third kappa shape index (κ3) is 2.89. The molecule has 0 saturated carbocycles. The maximum Gasteiger partial charge on any atom is 0.344 e. The van der Waals surface area contributed by atoms with Crippen LogP contribution in [0.25, 0.3) is 22.5 Å². The molecule has 0 atom stereocenters. The highest BCUT2D eigenvalue weighted by molar-refractivity contribution is 5.70. The zero-order valence-corrected chi connectivity index (χ0v) is 12.3. The molecule has 0 unspecified atom stereocenters. The van der Waals surface area contributed by atoms with E-state index in [9.17, 15) is 15.0 Å². The van der Waals surface area contributed by atoms with Gasteiger partial charge in [0.15, 0.2) is 11.5 Å². The minimum atomic E-state index is -0.570. The first kappa shape index (κ1) is 14.7. The van der Waals surface area contributed by atoms with Crippen LogP contribution in [-0.2, 0) is 0 Å². The Hall–Kier alpha value is -3.21. The first-order valence-corrected chi connectivity index (χ1v) is 6.89. The lowest BCUT2D eigenvalue weighted by atomic mass is 10.1. The molecule has 0 bridgehead atoms. The molecule has 23 heavy (non-hydrogen) atoms. The molecule has 0 radical (unpaired) electrons. The summed E-state index contributed by atoms with van der Waals surface area (Å²) in [6, 6.07) is 14.2. The van der Waals surface area contributed by atoms with Gasteiger partial charge in [-0.25, -0.2) is 4.79 Å². The van der Waals surface area contributed by atoms with Crippen molar-refractivity contribution in [3.63, 3.8) is 0 Å². The molecule has 5 nitrogen and oxygen atoms in total. The van der Waals surface area contributed by atoms with E-state index in [1.165, 1.54) is 18.2 Å². The van der Waals surface area contributed by atoms with Crippen LogP contribution in [0, 0.1) is 0 Å². The molecule has 3 aromatic rings. The zero-order valence-electron chi connectivity index (χ0n) is 12.3. The van der Waals surface area contributed by atoms with Gasteiger partial charge in [-0.1, -0.05) is 12.1 Å². The Morgan fingerprint density at radius 1 is 0.913 bits per heavy atom. The van der Waals surface area contributed by atoms with Gasteiger partial charge in [0.25, 0.3) is 0 Å². The van der Waals surface area contributed by atoms with Crippen LogP contribution in [0.4, 0.5) is 0 Å². The molecule has 0 fully saturated rings. The molecule has 0 aliphatic heterocycles. The van der Waals surface area contributed by atoms with E-state index in [1.807, 2.05) is 0 Å². The summed E-state index contributed by atoms with van der Waals surface area (Å²) in [5.74, 6) is 0.714. The molecular formula is C18H14O5. The number of methoxy groups -OCH3 is 1. The van der Waals surface area contributed by atoms with Crippen LogP contribution in [0.3, 0.4) is 0 Å². The lowest BCUT2D eigenvalue weighted by Gasteiger charge is -2.07. The van der Waals surface area contributed by atoms with Gasteiger partial charge in [0.2, 0.25) is 0 Å². The number of phenols is 1. The summed E-state index contributed by atoms with van der Waals surface area (Å²) < 4.78 is 10.3. The summed E-state index contributed by atoms with van der Waals surface area (Å²) in [7, 11) is 1.55. The third-order valence-corrected chi connectivity index (χ3v) is 3.46. The highest BCUT2D eigenvalue weighted by Crippen LogP contribution is 2.32. The highest BCUT2D eigenvalue weighted by Gasteiger charge is 2.14. The lowest BCUT2D eigenvalue weighted by Crippen LogP contribution is -2.03. The van der Waals surface area contributed by atoms with Crippen LogP contribution >= 0.6 is 0 Å². The minimum Gasteiger partial charge on any atom is -0.508 e. The Labute approximate surface area is 132 Å². The smallest absolute Gasteiger partial charge is 0.344 e. The van der Waals surface area contributed by atoms with Gasteiger partial charge >= 0.3 is 5.63 Å². The summed E-state index contributed by atoms with van der Waals surface area (Å²) in [5, 5.41) is 19.5. The fraction of sp³-hybridized carbons (Fsp3) is 0.0556. The Morgan fingerprint density at radius 2 is 1.52 bits per heavy atom. The largest absolute Gasteiger partial charge is 0.508 e. The van der Waals surface area contributed by atoms with Crippen LogP contribution in [-0.4, -0.2) is 17.3 Å². The molecule has 2 aromatic carbocycles. The minimum absolute atomic E-state index is 0.0946. The molecule has 0 spiro atoms. The van der Waals surface area contributed by atoms with Gasteiger partial charge < -0.3 is 19.4 Å². The zero-order chi connectivity index (χ0) is 16.4. The van der Waals surface area contributed by atoms with Gasteiger partial charge in [-0.05, 0) is 48.0 Å². The van der Waals surface area contributed by atoms with E-state index in [0.717, 1.165) is 0 Å². The summed E-state index contributed by atoms with van der Waals surface area (Å²) in [4.78, 5) is 12.2. The van der Waals surface area contributed by atoms with E-state index < -0.39 is 5.63 Å². The van der Waals surface area contributed by atoms with Crippen LogP contribution in [0.15, 0.2) is 63.8 Å². The van der Waals surface area contributed by atoms with Crippen molar-refractivity contribution in [3.8, 4) is 39.7 Å². The molecule has 0 aliphatic carbocycles. The number of hydrogen-bond acceptors (Lipinski definition) is 5. The second-order valence-corrected chi connectivity index (χ2v) is 4.94. The van der Waals surface area contributed by atoms with Crippen molar-refractivity contribution >= 4 is 0 Å². The molecule has 0 aliphatic rings. The van der Waals surface area contributed by atoms with Crippen LogP contribution in [0.1, 0.15) is 0 Å². The SMILES string of the molecule is COc1ccc(-c2oc(=O)c(-c3ccc(O)cc3)cc2O)cc1. The van der Waals surface area contributed by atoms with E-state index in [0.29, 0.717) is 16.9 Å². The fourth-order valence-electron chi connectivity index (χ4n) is 2.25. The monoisotopic (exact) mass is 310 g/mol. The van der Waals surface area contributed by atoms with E-state index in [1.54, 1.807) is 43.5 Å². The number of aromatic hydroxyl groups is 2. The van der Waals surface area contributed by atoms with Crippen molar-refractivity contribution in [1.29, 1.82) is 0 Å². The predicted molar refractivity (Wildman–Crippen MR) is 85.7 cm³/mol. The van der Waals surface area contributed by atoms with Gasteiger partial charge in [0.1, 0.15) is 11.5 Å². The number of rotatable bonds is 3. The van der Waals surface area contributed by atoms with Crippen molar-refractivity contribution in [2.24, 2.45) is 0 Å². The molecule has 1 heterocycles.